The highest BCUT2D eigenvalue weighted by Crippen LogP contribution is 2.42. The Bertz CT molecular complexity index is 336. The van der Waals surface area contributed by atoms with Gasteiger partial charge >= 0.3 is 5.97 Å². The number of fused-ring (bicyclic) bond motifs is 1. The van der Waals surface area contributed by atoms with Crippen molar-refractivity contribution in [1.82, 2.24) is 4.90 Å². The number of nitrogens with zero attached hydrogens (tertiary/aromatic N) is 1. The van der Waals surface area contributed by atoms with Crippen molar-refractivity contribution in [3.05, 3.63) is 0 Å². The van der Waals surface area contributed by atoms with E-state index in [1.165, 1.54) is 38.5 Å². The molecule has 3 nitrogen and oxygen atoms in total. The Morgan fingerprint density at radius 1 is 1.05 bits per heavy atom. The molecule has 2 atom stereocenters. The van der Waals surface area contributed by atoms with Crippen molar-refractivity contribution in [2.75, 3.05) is 13.1 Å². The normalized spacial score (nSPS) is 34.9. The van der Waals surface area contributed by atoms with E-state index in [0.717, 1.165) is 44.7 Å². The summed E-state index contributed by atoms with van der Waals surface area (Å²) >= 11 is 0. The van der Waals surface area contributed by atoms with Gasteiger partial charge in [-0.1, -0.05) is 25.7 Å². The summed E-state index contributed by atoms with van der Waals surface area (Å²) in [6.07, 6.45) is 11.9. The van der Waals surface area contributed by atoms with Crippen LogP contribution in [-0.4, -0.2) is 35.1 Å². The van der Waals surface area contributed by atoms with Crippen molar-refractivity contribution in [1.29, 1.82) is 0 Å². The minimum Gasteiger partial charge on any atom is -0.481 e. The van der Waals surface area contributed by atoms with Crippen LogP contribution in [0.25, 0.3) is 0 Å². The van der Waals surface area contributed by atoms with Gasteiger partial charge in [0.1, 0.15) is 0 Å². The average molecular weight is 265 g/mol. The summed E-state index contributed by atoms with van der Waals surface area (Å²) in [7, 11) is 0. The third-order valence-electron chi connectivity index (χ3n) is 5.88. The highest BCUT2D eigenvalue weighted by Gasteiger charge is 2.44. The molecule has 3 aliphatic rings. The lowest BCUT2D eigenvalue weighted by Gasteiger charge is -2.44. The molecule has 2 saturated carbocycles. The minimum absolute atomic E-state index is 0.428. The van der Waals surface area contributed by atoms with Gasteiger partial charge in [0.25, 0.3) is 0 Å². The van der Waals surface area contributed by atoms with E-state index in [2.05, 4.69) is 4.90 Å². The first kappa shape index (κ1) is 13.4. The minimum atomic E-state index is -0.535. The summed E-state index contributed by atoms with van der Waals surface area (Å²) in [6.45, 7) is 1.96. The molecule has 3 rings (SSSR count). The van der Waals surface area contributed by atoms with Crippen molar-refractivity contribution in [2.24, 2.45) is 11.3 Å². The van der Waals surface area contributed by atoms with Crippen molar-refractivity contribution >= 4 is 5.97 Å². The Balaban J connectivity index is 1.72. The molecule has 0 spiro atoms. The largest absolute Gasteiger partial charge is 0.481 e. The molecule has 0 amide bonds. The summed E-state index contributed by atoms with van der Waals surface area (Å²) in [5, 5.41) is 9.73. The highest BCUT2D eigenvalue weighted by molar-refractivity contribution is 5.75. The Hall–Kier alpha value is -0.570. The smallest absolute Gasteiger partial charge is 0.310 e. The number of hydrogen-bond acceptors (Lipinski definition) is 2. The van der Waals surface area contributed by atoms with Crippen LogP contribution >= 0.6 is 0 Å². The van der Waals surface area contributed by atoms with Gasteiger partial charge in [-0.2, -0.15) is 0 Å². The van der Waals surface area contributed by atoms with Gasteiger partial charge in [-0.25, -0.2) is 0 Å². The van der Waals surface area contributed by atoms with Crippen LogP contribution in [0.15, 0.2) is 0 Å². The molecule has 2 unspecified atom stereocenters. The fourth-order valence-electron chi connectivity index (χ4n) is 4.81. The predicted octanol–water partition coefficient (Wildman–Crippen LogP) is 3.29. The third-order valence-corrected chi connectivity index (χ3v) is 5.88. The maximum Gasteiger partial charge on any atom is 0.310 e. The Labute approximate surface area is 116 Å². The zero-order chi connectivity index (χ0) is 13.3. The number of piperidine rings is 1. The topological polar surface area (TPSA) is 40.5 Å². The van der Waals surface area contributed by atoms with Gasteiger partial charge in [0.2, 0.25) is 0 Å². The van der Waals surface area contributed by atoms with Crippen molar-refractivity contribution < 1.29 is 9.90 Å². The van der Waals surface area contributed by atoms with Crippen LogP contribution in [-0.2, 0) is 4.79 Å². The quantitative estimate of drug-likeness (QED) is 0.851. The third kappa shape index (κ3) is 2.54. The lowest BCUT2D eigenvalue weighted by atomic mass is 9.73. The first-order valence-electron chi connectivity index (χ1n) is 8.19. The van der Waals surface area contributed by atoms with Crippen LogP contribution in [0.3, 0.4) is 0 Å². The second-order valence-corrected chi connectivity index (χ2v) is 7.02. The number of carbonyl (C=O) groups is 1. The molecule has 3 fully saturated rings. The standard InChI is InChI=1S/C16H27NO2/c18-15(19)16(9-2-1-3-10-16)12-17-11-5-7-13-6-4-8-14(13)17/h13-14H,1-12H2,(H,18,19). The number of hydrogen-bond donors (Lipinski definition) is 1. The summed E-state index contributed by atoms with van der Waals surface area (Å²) in [5.74, 6) is 0.329. The summed E-state index contributed by atoms with van der Waals surface area (Å²) in [5.41, 5.74) is -0.428. The van der Waals surface area contributed by atoms with E-state index in [1.54, 1.807) is 0 Å². The number of carboxylic acid groups (broad SMARTS) is 1. The average Bonchev–Trinajstić information content (AvgIpc) is 2.89. The molecule has 0 radical (unpaired) electrons. The molecule has 2 aliphatic carbocycles. The van der Waals surface area contributed by atoms with E-state index in [-0.39, 0.29) is 0 Å². The number of likely N-dealkylation sites (tertiary alicyclic amines) is 1. The maximum atomic E-state index is 11.8. The number of aliphatic carboxylic acids is 1. The van der Waals surface area contributed by atoms with Crippen LogP contribution in [0.5, 0.6) is 0 Å². The molecule has 108 valence electrons. The second-order valence-electron chi connectivity index (χ2n) is 7.02. The predicted molar refractivity (Wildman–Crippen MR) is 75.1 cm³/mol. The molecule has 19 heavy (non-hydrogen) atoms. The maximum absolute atomic E-state index is 11.8. The van der Waals surface area contributed by atoms with Crippen LogP contribution in [0.1, 0.15) is 64.2 Å². The molecule has 1 aliphatic heterocycles. The van der Waals surface area contributed by atoms with Gasteiger partial charge in [-0.05, 0) is 51.0 Å². The molecule has 3 heteroatoms. The summed E-state index contributed by atoms with van der Waals surface area (Å²) < 4.78 is 0. The number of carboxylic acids is 1. The van der Waals surface area contributed by atoms with Gasteiger partial charge in [0.05, 0.1) is 5.41 Å². The van der Waals surface area contributed by atoms with Gasteiger partial charge in [-0.15, -0.1) is 0 Å². The van der Waals surface area contributed by atoms with Crippen LogP contribution in [0.4, 0.5) is 0 Å². The second kappa shape index (κ2) is 5.43. The highest BCUT2D eigenvalue weighted by atomic mass is 16.4. The van der Waals surface area contributed by atoms with E-state index in [9.17, 15) is 9.90 Å². The van der Waals surface area contributed by atoms with E-state index >= 15 is 0 Å². The Morgan fingerprint density at radius 2 is 1.79 bits per heavy atom. The molecule has 0 bridgehead atoms. The van der Waals surface area contributed by atoms with E-state index in [4.69, 9.17) is 0 Å². The van der Waals surface area contributed by atoms with Crippen LogP contribution in [0, 0.1) is 11.3 Å². The molecular formula is C16H27NO2. The molecule has 1 heterocycles. The van der Waals surface area contributed by atoms with Crippen LogP contribution < -0.4 is 0 Å². The summed E-state index contributed by atoms with van der Waals surface area (Å²) in [4.78, 5) is 14.4. The molecule has 1 saturated heterocycles. The SMILES string of the molecule is O=C(O)C1(CN2CCCC3CCCC32)CCCCC1. The molecule has 0 aromatic carbocycles. The number of rotatable bonds is 3. The molecular weight excluding hydrogens is 238 g/mol. The Kier molecular flexibility index (Phi) is 3.84. The van der Waals surface area contributed by atoms with Gasteiger partial charge in [-0.3, -0.25) is 9.69 Å². The fraction of sp³-hybridized carbons (Fsp3) is 0.938. The van der Waals surface area contributed by atoms with E-state index in [1.807, 2.05) is 0 Å². The lowest BCUT2D eigenvalue weighted by molar-refractivity contribution is -0.153. The van der Waals surface area contributed by atoms with Crippen molar-refractivity contribution in [3.8, 4) is 0 Å². The Morgan fingerprint density at radius 3 is 2.53 bits per heavy atom. The van der Waals surface area contributed by atoms with E-state index < -0.39 is 11.4 Å². The van der Waals surface area contributed by atoms with Gasteiger partial charge in [0, 0.05) is 12.6 Å². The fourth-order valence-corrected chi connectivity index (χ4v) is 4.81. The van der Waals surface area contributed by atoms with Crippen molar-refractivity contribution in [2.45, 2.75) is 70.3 Å². The first-order chi connectivity index (χ1) is 9.21. The van der Waals surface area contributed by atoms with Gasteiger partial charge in [0.15, 0.2) is 0 Å². The zero-order valence-electron chi connectivity index (χ0n) is 11.9. The molecule has 0 aromatic heterocycles. The monoisotopic (exact) mass is 265 g/mol. The van der Waals surface area contributed by atoms with E-state index in [0.29, 0.717) is 6.04 Å². The van der Waals surface area contributed by atoms with Crippen molar-refractivity contribution in [3.63, 3.8) is 0 Å². The summed E-state index contributed by atoms with van der Waals surface area (Å²) in [6, 6.07) is 0.701. The zero-order valence-corrected chi connectivity index (χ0v) is 11.9. The molecule has 0 aromatic rings. The lowest BCUT2D eigenvalue weighted by Crippen LogP contribution is -2.51. The van der Waals surface area contributed by atoms with Crippen LogP contribution in [0.2, 0.25) is 0 Å². The first-order valence-corrected chi connectivity index (χ1v) is 8.19. The van der Waals surface area contributed by atoms with Gasteiger partial charge < -0.3 is 5.11 Å². The molecule has 1 N–H and O–H groups in total.